The second-order valence-corrected chi connectivity index (χ2v) is 4.52. The highest BCUT2D eigenvalue weighted by atomic mass is 35.5. The maximum Gasteiger partial charge on any atom is 0.330 e. The van der Waals surface area contributed by atoms with Crippen LogP contribution in [0.15, 0.2) is 23.3 Å². The number of cyclic esters (lactones) is 1. The van der Waals surface area contributed by atoms with Gasteiger partial charge in [0.2, 0.25) is 0 Å². The minimum Gasteiger partial charge on any atom is -0.452 e. The lowest BCUT2D eigenvalue weighted by molar-refractivity contribution is -0.142. The van der Waals surface area contributed by atoms with Crippen molar-refractivity contribution in [3.8, 4) is 0 Å². The van der Waals surface area contributed by atoms with E-state index >= 15 is 0 Å². The summed E-state index contributed by atoms with van der Waals surface area (Å²) in [5.74, 6) is -0.580. The van der Waals surface area contributed by atoms with E-state index in [1.807, 2.05) is 0 Å². The van der Waals surface area contributed by atoms with Crippen molar-refractivity contribution in [2.75, 3.05) is 6.61 Å². The van der Waals surface area contributed by atoms with Crippen molar-refractivity contribution < 1.29 is 14.6 Å². The molecule has 2 atom stereocenters. The molecule has 0 bridgehead atoms. The van der Waals surface area contributed by atoms with Gasteiger partial charge in [0.25, 0.3) is 0 Å². The van der Waals surface area contributed by atoms with Crippen molar-refractivity contribution in [2.45, 2.75) is 18.0 Å². The van der Waals surface area contributed by atoms with E-state index in [1.165, 1.54) is 0 Å². The molecule has 0 spiro atoms. The molecule has 2 rings (SSSR count). The van der Waals surface area contributed by atoms with Crippen LogP contribution in [0.5, 0.6) is 0 Å². The number of aliphatic imine (C=N–C) groups is 1. The Kier molecular flexibility index (Phi) is 4.16. The highest BCUT2D eigenvalue weighted by Gasteiger charge is 2.39. The van der Waals surface area contributed by atoms with Gasteiger partial charge in [-0.2, -0.15) is 0 Å². The molecule has 1 aliphatic rings. The highest BCUT2D eigenvalue weighted by molar-refractivity contribution is 6.44. The first-order valence-electron chi connectivity index (χ1n) is 5.22. The van der Waals surface area contributed by atoms with E-state index in [9.17, 15) is 4.79 Å². The van der Waals surface area contributed by atoms with Crippen LogP contribution in [0.2, 0.25) is 5.15 Å². The van der Waals surface area contributed by atoms with Crippen LogP contribution in [0.1, 0.15) is 5.56 Å². The summed E-state index contributed by atoms with van der Waals surface area (Å²) in [7, 11) is 0. The minimum atomic E-state index is -0.928. The third kappa shape index (κ3) is 2.80. The number of hydrogen-bond donors (Lipinski definition) is 1. The largest absolute Gasteiger partial charge is 0.452 e. The van der Waals surface area contributed by atoms with Gasteiger partial charge in [-0.25, -0.2) is 4.98 Å². The van der Waals surface area contributed by atoms with Crippen LogP contribution < -0.4 is 0 Å². The van der Waals surface area contributed by atoms with E-state index < -0.39 is 17.5 Å². The molecule has 1 N–H and O–H groups in total. The molecule has 2 heterocycles. The molecule has 0 amide bonds. The van der Waals surface area contributed by atoms with Crippen LogP contribution in [-0.2, 0) is 16.1 Å². The predicted molar refractivity (Wildman–Crippen MR) is 67.0 cm³/mol. The van der Waals surface area contributed by atoms with E-state index in [4.69, 9.17) is 33.0 Å². The van der Waals surface area contributed by atoms with Crippen molar-refractivity contribution in [1.29, 1.82) is 0 Å². The molecule has 1 aromatic heterocycles. The lowest BCUT2D eigenvalue weighted by Crippen LogP contribution is -2.24. The van der Waals surface area contributed by atoms with Crippen LogP contribution in [0.4, 0.5) is 0 Å². The zero-order chi connectivity index (χ0) is 13.1. The van der Waals surface area contributed by atoms with Crippen molar-refractivity contribution in [3.63, 3.8) is 0 Å². The van der Waals surface area contributed by atoms with Crippen LogP contribution >= 0.6 is 23.2 Å². The Morgan fingerprint density at radius 2 is 2.28 bits per heavy atom. The Balaban J connectivity index is 2.12. The minimum absolute atomic E-state index is 0.301. The van der Waals surface area contributed by atoms with E-state index in [2.05, 4.69) is 9.98 Å². The first kappa shape index (κ1) is 13.3. The molecule has 5 nitrogen and oxygen atoms in total. The van der Waals surface area contributed by atoms with E-state index in [0.29, 0.717) is 17.4 Å². The van der Waals surface area contributed by atoms with Crippen LogP contribution in [-0.4, -0.2) is 39.9 Å². The van der Waals surface area contributed by atoms with Crippen molar-refractivity contribution in [3.05, 3.63) is 29.0 Å². The van der Waals surface area contributed by atoms with Crippen LogP contribution in [0.25, 0.3) is 0 Å². The van der Waals surface area contributed by atoms with E-state index in [1.54, 1.807) is 18.3 Å². The van der Waals surface area contributed by atoms with Gasteiger partial charge in [-0.1, -0.05) is 17.7 Å². The smallest absolute Gasteiger partial charge is 0.330 e. The SMILES string of the molecule is O=C1OC(CO)C(=NCc2ccc(Cl)nc2)C1Cl. The molecule has 1 saturated heterocycles. The number of halogens is 2. The molecular formula is C11H10Cl2N2O3. The van der Waals surface area contributed by atoms with Crippen molar-refractivity contribution in [2.24, 2.45) is 4.99 Å². The molecule has 0 radical (unpaired) electrons. The van der Waals surface area contributed by atoms with Gasteiger partial charge in [-0.3, -0.25) is 9.79 Å². The molecule has 2 unspecified atom stereocenters. The van der Waals surface area contributed by atoms with Gasteiger partial charge in [0.05, 0.1) is 18.9 Å². The molecule has 1 fully saturated rings. The summed E-state index contributed by atoms with van der Waals surface area (Å²) in [6, 6.07) is 3.42. The first-order chi connectivity index (χ1) is 8.61. The number of ether oxygens (including phenoxy) is 1. The van der Waals surface area contributed by atoms with Crippen molar-refractivity contribution >= 4 is 34.9 Å². The highest BCUT2D eigenvalue weighted by Crippen LogP contribution is 2.18. The summed E-state index contributed by atoms with van der Waals surface area (Å²) in [4.78, 5) is 19.3. The second kappa shape index (κ2) is 5.65. The number of aromatic nitrogens is 1. The summed E-state index contributed by atoms with van der Waals surface area (Å²) in [6.07, 6.45) is 0.835. The first-order valence-corrected chi connectivity index (χ1v) is 6.03. The van der Waals surface area contributed by atoms with Gasteiger partial charge in [0, 0.05) is 6.20 Å². The van der Waals surface area contributed by atoms with Gasteiger partial charge < -0.3 is 9.84 Å². The van der Waals surface area contributed by atoms with Crippen LogP contribution in [0, 0.1) is 0 Å². The maximum atomic E-state index is 11.2. The summed E-state index contributed by atoms with van der Waals surface area (Å²) >= 11 is 11.5. The topological polar surface area (TPSA) is 71.8 Å². The fraction of sp³-hybridized carbons (Fsp3) is 0.364. The lowest BCUT2D eigenvalue weighted by atomic mass is 10.2. The molecule has 18 heavy (non-hydrogen) atoms. The van der Waals surface area contributed by atoms with Gasteiger partial charge in [0.1, 0.15) is 5.15 Å². The zero-order valence-electron chi connectivity index (χ0n) is 9.22. The van der Waals surface area contributed by atoms with Gasteiger partial charge in [0.15, 0.2) is 11.5 Å². The third-order valence-corrected chi connectivity index (χ3v) is 3.08. The predicted octanol–water partition coefficient (Wildman–Crippen LogP) is 1.20. The fourth-order valence-electron chi connectivity index (χ4n) is 1.54. The monoisotopic (exact) mass is 288 g/mol. The molecule has 7 heteroatoms. The molecule has 96 valence electrons. The molecule has 1 aromatic rings. The average Bonchev–Trinajstić information content (AvgIpc) is 2.65. The Bertz CT molecular complexity index is 476. The van der Waals surface area contributed by atoms with E-state index in [0.717, 1.165) is 5.56 Å². The average molecular weight is 289 g/mol. The lowest BCUT2D eigenvalue weighted by Gasteiger charge is -2.06. The number of carbonyl (C=O) groups is 1. The van der Waals surface area contributed by atoms with Crippen LogP contribution in [0.3, 0.4) is 0 Å². The zero-order valence-corrected chi connectivity index (χ0v) is 10.7. The summed E-state index contributed by atoms with van der Waals surface area (Å²) in [5.41, 5.74) is 1.17. The van der Waals surface area contributed by atoms with Gasteiger partial charge in [-0.15, -0.1) is 11.6 Å². The number of rotatable bonds is 3. The van der Waals surface area contributed by atoms with Crippen molar-refractivity contribution in [1.82, 2.24) is 4.98 Å². The van der Waals surface area contributed by atoms with Gasteiger partial charge >= 0.3 is 5.97 Å². The molecule has 1 aliphatic heterocycles. The number of esters is 1. The number of aliphatic hydroxyl groups excluding tert-OH is 1. The maximum absolute atomic E-state index is 11.2. The Hall–Kier alpha value is -1.17. The number of nitrogens with zero attached hydrogens (tertiary/aromatic N) is 2. The number of alkyl halides is 1. The molecule has 0 aromatic carbocycles. The summed E-state index contributed by atoms with van der Waals surface area (Å²) in [5, 5.41) is 8.53. The standard InChI is InChI=1S/C11H10Cl2N2O3/c12-8-2-1-6(3-14-8)4-15-10-7(5-16)18-11(17)9(10)13/h1-3,7,9,16H,4-5H2. The Labute approximate surface area is 113 Å². The van der Waals surface area contributed by atoms with Gasteiger partial charge in [-0.05, 0) is 11.6 Å². The summed E-state index contributed by atoms with van der Waals surface area (Å²) in [6.45, 7) is -0.0253. The Morgan fingerprint density at radius 1 is 1.50 bits per heavy atom. The third-order valence-electron chi connectivity index (χ3n) is 2.45. The quantitative estimate of drug-likeness (QED) is 0.515. The van der Waals surface area contributed by atoms with E-state index in [-0.39, 0.29) is 6.61 Å². The number of carbonyl (C=O) groups excluding carboxylic acids is 1. The Morgan fingerprint density at radius 3 is 2.89 bits per heavy atom. The normalized spacial score (nSPS) is 25.5. The summed E-state index contributed by atoms with van der Waals surface area (Å²) < 4.78 is 4.85. The molecule has 0 aliphatic carbocycles. The second-order valence-electron chi connectivity index (χ2n) is 3.70. The fourth-order valence-corrected chi connectivity index (χ4v) is 1.91. The number of hydrogen-bond acceptors (Lipinski definition) is 5. The number of pyridine rings is 1. The number of aliphatic hydroxyl groups is 1. The molecular weight excluding hydrogens is 279 g/mol. The molecule has 0 saturated carbocycles.